The number of hydrogen-bond donors (Lipinski definition) is 1. The minimum atomic E-state index is -0.0174. The second-order valence-corrected chi connectivity index (χ2v) is 3.93. The van der Waals surface area contributed by atoms with Crippen molar-refractivity contribution in [1.82, 2.24) is 10.2 Å². The van der Waals surface area contributed by atoms with E-state index in [1.807, 2.05) is 0 Å². The van der Waals surface area contributed by atoms with Crippen LogP contribution in [0.4, 0.5) is 0 Å². The molecule has 0 saturated carbocycles. The largest absolute Gasteiger partial charge is 0.383 e. The Kier molecular flexibility index (Phi) is 4.12. The van der Waals surface area contributed by atoms with Crippen molar-refractivity contribution in [1.29, 1.82) is 0 Å². The summed E-state index contributed by atoms with van der Waals surface area (Å²) in [5, 5.41) is 3.47. The highest BCUT2D eigenvalue weighted by Crippen LogP contribution is 2.11. The Balaban J connectivity index is 2.50. The van der Waals surface area contributed by atoms with Gasteiger partial charge in [-0.2, -0.15) is 0 Å². The summed E-state index contributed by atoms with van der Waals surface area (Å²) in [6, 6.07) is 0. The van der Waals surface area contributed by atoms with Gasteiger partial charge in [-0.1, -0.05) is 0 Å². The van der Waals surface area contributed by atoms with Crippen molar-refractivity contribution >= 4 is 0 Å². The Morgan fingerprint density at radius 3 is 2.77 bits per heavy atom. The summed E-state index contributed by atoms with van der Waals surface area (Å²) < 4.78 is 10.7. The molecule has 13 heavy (non-hydrogen) atoms. The molecule has 78 valence electrons. The van der Waals surface area contributed by atoms with Crippen LogP contribution in [0.25, 0.3) is 0 Å². The minimum Gasteiger partial charge on any atom is -0.383 e. The van der Waals surface area contributed by atoms with Gasteiger partial charge in [-0.05, 0) is 14.1 Å². The molecule has 0 aromatic carbocycles. The van der Waals surface area contributed by atoms with Gasteiger partial charge >= 0.3 is 0 Å². The lowest BCUT2D eigenvalue weighted by molar-refractivity contribution is -0.0223. The molecule has 1 fully saturated rings. The summed E-state index contributed by atoms with van der Waals surface area (Å²) >= 11 is 0. The number of rotatable bonds is 4. The molecule has 0 radical (unpaired) electrons. The van der Waals surface area contributed by atoms with Crippen molar-refractivity contribution in [3.63, 3.8) is 0 Å². The van der Waals surface area contributed by atoms with Crippen LogP contribution in [0.5, 0.6) is 0 Å². The van der Waals surface area contributed by atoms with E-state index in [0.717, 1.165) is 26.3 Å². The van der Waals surface area contributed by atoms with Crippen LogP contribution in [0.3, 0.4) is 0 Å². The highest BCUT2D eigenvalue weighted by Gasteiger charge is 2.32. The summed E-state index contributed by atoms with van der Waals surface area (Å²) in [7, 11) is 5.86. The maximum absolute atomic E-state index is 5.47. The van der Waals surface area contributed by atoms with Crippen molar-refractivity contribution in [2.75, 3.05) is 54.1 Å². The first kappa shape index (κ1) is 10.9. The second-order valence-electron chi connectivity index (χ2n) is 3.93. The molecular weight excluding hydrogens is 168 g/mol. The summed E-state index contributed by atoms with van der Waals surface area (Å²) in [5.74, 6) is 0. The minimum absolute atomic E-state index is 0.0174. The molecule has 1 aliphatic rings. The molecule has 0 spiro atoms. The van der Waals surface area contributed by atoms with Crippen LogP contribution in [0, 0.1) is 0 Å². The first-order valence-electron chi connectivity index (χ1n) is 4.65. The highest BCUT2D eigenvalue weighted by molar-refractivity contribution is 4.92. The van der Waals surface area contributed by atoms with Crippen LogP contribution in [-0.4, -0.2) is 64.6 Å². The topological polar surface area (TPSA) is 33.7 Å². The van der Waals surface area contributed by atoms with Crippen molar-refractivity contribution in [2.24, 2.45) is 0 Å². The fourth-order valence-corrected chi connectivity index (χ4v) is 1.83. The molecule has 0 bridgehead atoms. The lowest BCUT2D eigenvalue weighted by Crippen LogP contribution is -2.62. The zero-order chi connectivity index (χ0) is 9.73. The van der Waals surface area contributed by atoms with Crippen LogP contribution in [-0.2, 0) is 9.47 Å². The second kappa shape index (κ2) is 4.91. The molecule has 1 N–H and O–H groups in total. The zero-order valence-corrected chi connectivity index (χ0v) is 8.80. The van der Waals surface area contributed by atoms with Gasteiger partial charge in [0.15, 0.2) is 0 Å². The molecule has 1 atom stereocenters. The Labute approximate surface area is 80.2 Å². The molecule has 0 amide bonds. The standard InChI is InChI=1S/C9H20N2O2/c1-11(2)6-9(7-12-3)8-13-5-4-10-9/h10H,4-8H2,1-3H3. The smallest absolute Gasteiger partial charge is 0.0782 e. The van der Waals surface area contributed by atoms with Crippen LogP contribution < -0.4 is 5.32 Å². The van der Waals surface area contributed by atoms with E-state index in [0.29, 0.717) is 6.61 Å². The normalized spacial score (nSPS) is 29.5. The van der Waals surface area contributed by atoms with Gasteiger partial charge in [0.1, 0.15) is 0 Å². The van der Waals surface area contributed by atoms with Crippen LogP contribution in [0.15, 0.2) is 0 Å². The summed E-state index contributed by atoms with van der Waals surface area (Å²) in [6.45, 7) is 4.10. The number of hydrogen-bond acceptors (Lipinski definition) is 4. The van der Waals surface area contributed by atoms with Gasteiger partial charge < -0.3 is 19.7 Å². The maximum atomic E-state index is 5.47. The third kappa shape index (κ3) is 3.23. The van der Waals surface area contributed by atoms with Gasteiger partial charge in [-0.3, -0.25) is 0 Å². The zero-order valence-electron chi connectivity index (χ0n) is 8.80. The maximum Gasteiger partial charge on any atom is 0.0782 e. The van der Waals surface area contributed by atoms with E-state index in [1.165, 1.54) is 0 Å². The first-order valence-corrected chi connectivity index (χ1v) is 4.65. The van der Waals surface area contributed by atoms with Gasteiger partial charge in [0, 0.05) is 20.2 Å². The van der Waals surface area contributed by atoms with E-state index in [1.54, 1.807) is 7.11 Å². The van der Waals surface area contributed by atoms with E-state index in [9.17, 15) is 0 Å². The lowest BCUT2D eigenvalue weighted by Gasteiger charge is -2.39. The predicted octanol–water partition coefficient (Wildman–Crippen LogP) is -0.447. The quantitative estimate of drug-likeness (QED) is 0.648. The molecule has 1 aliphatic heterocycles. The van der Waals surface area contributed by atoms with E-state index in [4.69, 9.17) is 9.47 Å². The van der Waals surface area contributed by atoms with Crippen LogP contribution in [0.2, 0.25) is 0 Å². The van der Waals surface area contributed by atoms with Crippen molar-refractivity contribution < 1.29 is 9.47 Å². The van der Waals surface area contributed by atoms with E-state index in [-0.39, 0.29) is 5.54 Å². The molecule has 1 rings (SSSR count). The molecule has 1 heterocycles. The van der Waals surface area contributed by atoms with Crippen molar-refractivity contribution in [3.05, 3.63) is 0 Å². The van der Waals surface area contributed by atoms with E-state index >= 15 is 0 Å². The van der Waals surface area contributed by atoms with E-state index in [2.05, 4.69) is 24.3 Å². The SMILES string of the molecule is COCC1(CN(C)C)COCCN1. The molecule has 4 heteroatoms. The van der Waals surface area contributed by atoms with Crippen LogP contribution in [0.1, 0.15) is 0 Å². The Morgan fingerprint density at radius 2 is 2.31 bits per heavy atom. The first-order chi connectivity index (χ1) is 6.18. The Hall–Kier alpha value is -0.160. The summed E-state index contributed by atoms with van der Waals surface area (Å²) in [5.41, 5.74) is -0.0174. The van der Waals surface area contributed by atoms with Gasteiger partial charge in [-0.15, -0.1) is 0 Å². The van der Waals surface area contributed by atoms with Crippen molar-refractivity contribution in [2.45, 2.75) is 5.54 Å². The van der Waals surface area contributed by atoms with E-state index < -0.39 is 0 Å². The molecule has 1 unspecified atom stereocenters. The summed E-state index contributed by atoms with van der Waals surface area (Å²) in [6.07, 6.45) is 0. The third-order valence-corrected chi connectivity index (χ3v) is 2.16. The molecule has 4 nitrogen and oxygen atoms in total. The average Bonchev–Trinajstić information content (AvgIpc) is 2.04. The lowest BCUT2D eigenvalue weighted by atomic mass is 10.0. The average molecular weight is 188 g/mol. The number of likely N-dealkylation sites (N-methyl/N-ethyl adjacent to an activating group) is 1. The summed E-state index contributed by atoms with van der Waals surface area (Å²) in [4.78, 5) is 2.15. The monoisotopic (exact) mass is 188 g/mol. The number of ether oxygens (including phenoxy) is 2. The Bertz CT molecular complexity index is 139. The van der Waals surface area contributed by atoms with Gasteiger partial charge in [-0.25, -0.2) is 0 Å². The fraction of sp³-hybridized carbons (Fsp3) is 1.00. The number of morpholine rings is 1. The number of nitrogens with one attached hydrogen (secondary N) is 1. The number of methoxy groups -OCH3 is 1. The van der Waals surface area contributed by atoms with Crippen LogP contribution >= 0.6 is 0 Å². The third-order valence-electron chi connectivity index (χ3n) is 2.16. The Morgan fingerprint density at radius 1 is 1.54 bits per heavy atom. The van der Waals surface area contributed by atoms with Gasteiger partial charge in [0.2, 0.25) is 0 Å². The van der Waals surface area contributed by atoms with Crippen molar-refractivity contribution in [3.8, 4) is 0 Å². The molecular formula is C9H20N2O2. The van der Waals surface area contributed by atoms with Gasteiger partial charge in [0.05, 0.1) is 25.4 Å². The number of nitrogens with zero attached hydrogens (tertiary/aromatic N) is 1. The molecule has 0 aromatic heterocycles. The molecule has 0 aromatic rings. The van der Waals surface area contributed by atoms with Gasteiger partial charge in [0.25, 0.3) is 0 Å². The highest BCUT2D eigenvalue weighted by atomic mass is 16.5. The fourth-order valence-electron chi connectivity index (χ4n) is 1.83. The molecule has 0 aliphatic carbocycles. The molecule has 1 saturated heterocycles. The predicted molar refractivity (Wildman–Crippen MR) is 52.0 cm³/mol.